The zero-order chi connectivity index (χ0) is 25.6. The molecule has 3 nitrogen and oxygen atoms in total. The highest BCUT2D eigenvalue weighted by Gasteiger charge is 2.06. The van der Waals surface area contributed by atoms with Gasteiger partial charge < -0.3 is 9.80 Å². The van der Waals surface area contributed by atoms with E-state index in [1.54, 1.807) is 6.08 Å². The smallest absolute Gasteiger partial charge is 0.204 e. The van der Waals surface area contributed by atoms with E-state index in [1.807, 2.05) is 10.7 Å². The molecule has 184 valence electrons. The Morgan fingerprint density at radius 1 is 0.886 bits per heavy atom. The van der Waals surface area contributed by atoms with Crippen LogP contribution in [0.25, 0.3) is 12.2 Å². The molecule has 0 heterocycles. The van der Waals surface area contributed by atoms with Gasteiger partial charge in [-0.15, -0.1) is 0 Å². The molecule has 1 unspecified atom stereocenters. The van der Waals surface area contributed by atoms with Gasteiger partial charge in [-0.2, -0.15) is 0 Å². The van der Waals surface area contributed by atoms with Crippen molar-refractivity contribution in [3.63, 3.8) is 0 Å². The predicted octanol–water partition coefficient (Wildman–Crippen LogP) is 7.30. The molecule has 0 N–H and O–H groups in total. The third-order valence-corrected chi connectivity index (χ3v) is 6.01. The van der Waals surface area contributed by atoms with Gasteiger partial charge in [0, 0.05) is 50.7 Å². The summed E-state index contributed by atoms with van der Waals surface area (Å²) in [6.45, 7) is 16.9. The molecule has 0 fully saturated rings. The average molecular weight is 469 g/mol. The zero-order valence-corrected chi connectivity index (χ0v) is 22.2. The molecule has 0 spiro atoms. The lowest BCUT2D eigenvalue weighted by atomic mass is 10.1. The zero-order valence-electron chi connectivity index (χ0n) is 22.2. The van der Waals surface area contributed by atoms with Gasteiger partial charge in [-0.05, 0) is 61.2 Å². The van der Waals surface area contributed by atoms with E-state index >= 15 is 0 Å². The molecule has 2 rings (SSSR count). The van der Waals surface area contributed by atoms with Crippen molar-refractivity contribution in [2.45, 2.75) is 20.8 Å². The molecular weight excluding hydrogens is 426 g/mol. The van der Waals surface area contributed by atoms with E-state index in [4.69, 9.17) is 0 Å². The molecule has 0 aliphatic rings. The Balaban J connectivity index is 1.92. The Morgan fingerprint density at radius 3 is 1.86 bits per heavy atom. The molecule has 0 radical (unpaired) electrons. The lowest BCUT2D eigenvalue weighted by Crippen LogP contribution is -2.30. The number of benzene rings is 2. The summed E-state index contributed by atoms with van der Waals surface area (Å²) in [6, 6.07) is 17.4. The molecule has 0 saturated carbocycles. The summed E-state index contributed by atoms with van der Waals surface area (Å²) in [6.07, 6.45) is 16.7. The Morgan fingerprint density at radius 2 is 1.40 bits per heavy atom. The Labute approximate surface area is 213 Å². The van der Waals surface area contributed by atoms with Crippen molar-refractivity contribution in [1.82, 2.24) is 0 Å². The molecule has 3 heteroatoms. The maximum atomic E-state index is 4.06. The summed E-state index contributed by atoms with van der Waals surface area (Å²) in [5.74, 6) is 0.453. The van der Waals surface area contributed by atoms with Crippen LogP contribution in [0.1, 0.15) is 31.9 Å². The van der Waals surface area contributed by atoms with Crippen LogP contribution in [0.15, 0.2) is 97.3 Å². The highest BCUT2D eigenvalue weighted by atomic mass is 15.2. The van der Waals surface area contributed by atoms with Crippen LogP contribution in [-0.2, 0) is 0 Å². The number of anilines is 2. The minimum Gasteiger partial charge on any atom is -0.373 e. The van der Waals surface area contributed by atoms with Gasteiger partial charge in [0.25, 0.3) is 0 Å². The van der Waals surface area contributed by atoms with E-state index in [-0.39, 0.29) is 0 Å². The normalized spacial score (nSPS) is 13.0. The van der Waals surface area contributed by atoms with Gasteiger partial charge in [0.05, 0.1) is 0 Å². The average Bonchev–Trinajstić information content (AvgIpc) is 2.88. The molecule has 0 aromatic heterocycles. The number of allylic oxidation sites excluding steroid dienone is 6. The van der Waals surface area contributed by atoms with Crippen LogP contribution in [0.2, 0.25) is 0 Å². The van der Waals surface area contributed by atoms with E-state index in [0.29, 0.717) is 5.92 Å². The summed E-state index contributed by atoms with van der Waals surface area (Å²) in [5.41, 5.74) is 5.87. The fourth-order valence-electron chi connectivity index (χ4n) is 3.62. The Bertz CT molecular complexity index is 1050. The molecule has 0 aliphatic carbocycles. The van der Waals surface area contributed by atoms with Crippen LogP contribution in [0.5, 0.6) is 0 Å². The van der Waals surface area contributed by atoms with Crippen molar-refractivity contribution in [3.8, 4) is 0 Å². The molecule has 0 aliphatic heterocycles. The van der Waals surface area contributed by atoms with Crippen LogP contribution >= 0.6 is 0 Å². The Kier molecular flexibility index (Phi) is 11.6. The standard InChI is InChI=1S/C32H42N3/c1-8-11-27(4)13-14-28-16-21-31(22-17-28)34(6)25-26-35(7)32-23-18-29(19-24-32)15-20-30(12-9-2)33(5)10-3/h8-9,11-24,27H,2,5,10,25-26H2,1,3-4,6-7H3/q+1/b11-8-,14-13+,20-15+,30-12-. The van der Waals surface area contributed by atoms with Gasteiger partial charge in [-0.1, -0.05) is 68.1 Å². The van der Waals surface area contributed by atoms with Crippen LogP contribution in [0.4, 0.5) is 11.4 Å². The summed E-state index contributed by atoms with van der Waals surface area (Å²) >= 11 is 0. The summed E-state index contributed by atoms with van der Waals surface area (Å²) in [5, 5.41) is 0. The number of hydrogen-bond acceptors (Lipinski definition) is 2. The van der Waals surface area contributed by atoms with Gasteiger partial charge in [0.1, 0.15) is 13.3 Å². The number of likely N-dealkylation sites (N-methyl/N-ethyl adjacent to an activating group) is 3. The third-order valence-electron chi connectivity index (χ3n) is 6.01. The van der Waals surface area contributed by atoms with Crippen LogP contribution in [-0.4, -0.2) is 45.0 Å². The second kappa shape index (κ2) is 14.6. The quantitative estimate of drug-likeness (QED) is 0.132. The molecule has 1 atom stereocenters. The maximum absolute atomic E-state index is 4.06. The monoisotopic (exact) mass is 468 g/mol. The van der Waals surface area contributed by atoms with Gasteiger partial charge in [0.15, 0.2) is 0 Å². The molecule has 2 aromatic carbocycles. The SMILES string of the molecule is C=C/C=C(/C=C/c1ccc(N(C)CCN(C)c2ccc(/C=C/C(C)/C=C\C)cc2)cc1)[N+](=C)CC. The number of nitrogens with zero attached hydrogens (tertiary/aromatic N) is 3. The first-order chi connectivity index (χ1) is 16.9. The molecule has 0 bridgehead atoms. The van der Waals surface area contributed by atoms with Gasteiger partial charge in [0.2, 0.25) is 5.70 Å². The molecule has 0 saturated heterocycles. The third kappa shape index (κ3) is 9.29. The fraction of sp³-hybridized carbons (Fsp3) is 0.281. The molecule has 0 amide bonds. The van der Waals surface area contributed by atoms with Crippen molar-refractivity contribution in [1.29, 1.82) is 0 Å². The van der Waals surface area contributed by atoms with E-state index in [9.17, 15) is 0 Å². The largest absolute Gasteiger partial charge is 0.373 e. The topological polar surface area (TPSA) is 9.49 Å². The lowest BCUT2D eigenvalue weighted by molar-refractivity contribution is -0.458. The second-order valence-corrected chi connectivity index (χ2v) is 8.79. The van der Waals surface area contributed by atoms with Crippen molar-refractivity contribution < 1.29 is 4.58 Å². The summed E-state index contributed by atoms with van der Waals surface area (Å²) < 4.78 is 1.95. The first-order valence-electron chi connectivity index (χ1n) is 12.4. The van der Waals surface area contributed by atoms with E-state index in [2.05, 4.69) is 143 Å². The molecule has 35 heavy (non-hydrogen) atoms. The minimum atomic E-state index is 0.453. The van der Waals surface area contributed by atoms with Gasteiger partial charge in [-0.3, -0.25) is 0 Å². The summed E-state index contributed by atoms with van der Waals surface area (Å²) in [7, 11) is 4.29. The van der Waals surface area contributed by atoms with Crippen LogP contribution in [0.3, 0.4) is 0 Å². The highest BCUT2D eigenvalue weighted by Crippen LogP contribution is 2.18. The minimum absolute atomic E-state index is 0.453. The van der Waals surface area contributed by atoms with Crippen molar-refractivity contribution in [2.75, 3.05) is 43.5 Å². The lowest BCUT2D eigenvalue weighted by Gasteiger charge is -2.25. The van der Waals surface area contributed by atoms with Crippen molar-refractivity contribution in [2.24, 2.45) is 5.92 Å². The molecule has 2 aromatic rings. The number of rotatable bonds is 13. The Hall–Kier alpha value is -3.59. The van der Waals surface area contributed by atoms with Crippen molar-refractivity contribution >= 4 is 30.2 Å². The van der Waals surface area contributed by atoms with E-state index in [0.717, 1.165) is 30.9 Å². The van der Waals surface area contributed by atoms with Gasteiger partial charge >= 0.3 is 0 Å². The van der Waals surface area contributed by atoms with Gasteiger partial charge in [-0.25, -0.2) is 4.58 Å². The van der Waals surface area contributed by atoms with Crippen LogP contribution < -0.4 is 9.80 Å². The molecular formula is C32H42N3+. The highest BCUT2D eigenvalue weighted by molar-refractivity contribution is 5.58. The fourth-order valence-corrected chi connectivity index (χ4v) is 3.62. The second-order valence-electron chi connectivity index (χ2n) is 8.79. The predicted molar refractivity (Wildman–Crippen MR) is 158 cm³/mol. The van der Waals surface area contributed by atoms with Crippen LogP contribution in [0, 0.1) is 5.92 Å². The first-order valence-corrected chi connectivity index (χ1v) is 12.4. The van der Waals surface area contributed by atoms with E-state index in [1.165, 1.54) is 16.9 Å². The first kappa shape index (κ1) is 27.7. The van der Waals surface area contributed by atoms with E-state index < -0.39 is 0 Å². The number of hydrogen-bond donors (Lipinski definition) is 0. The summed E-state index contributed by atoms with van der Waals surface area (Å²) in [4.78, 5) is 4.59. The maximum Gasteiger partial charge on any atom is 0.204 e. The van der Waals surface area contributed by atoms with Crippen molar-refractivity contribution in [3.05, 3.63) is 108 Å².